The number of halogens is 2. The molecule has 0 aromatic rings. The van der Waals surface area contributed by atoms with E-state index >= 15 is 0 Å². The van der Waals surface area contributed by atoms with Gasteiger partial charge in [0, 0.05) is 18.9 Å². The first-order valence-electron chi connectivity index (χ1n) is 11.7. The van der Waals surface area contributed by atoms with Crippen LogP contribution in [0.5, 0.6) is 0 Å². The van der Waals surface area contributed by atoms with E-state index in [2.05, 4.69) is 32.6 Å². The third kappa shape index (κ3) is 5.27. The first kappa shape index (κ1) is 23.7. The van der Waals surface area contributed by atoms with E-state index in [1.807, 2.05) is 12.2 Å². The van der Waals surface area contributed by atoms with Gasteiger partial charge < -0.3 is 4.74 Å². The van der Waals surface area contributed by atoms with E-state index in [0.29, 0.717) is 24.0 Å². The molecule has 3 aliphatic carbocycles. The Morgan fingerprint density at radius 1 is 1.39 bits per heavy atom. The van der Waals surface area contributed by atoms with E-state index < -0.39 is 12.3 Å². The predicted molar refractivity (Wildman–Crippen MR) is 122 cm³/mol. The van der Waals surface area contributed by atoms with Crippen LogP contribution in [0.1, 0.15) is 65.7 Å². The number of carbonyl (C=O) groups excluding carboxylic acids is 1. The van der Waals surface area contributed by atoms with Gasteiger partial charge in [-0.1, -0.05) is 55.9 Å². The highest BCUT2D eigenvalue weighted by Gasteiger charge is 2.45. The Kier molecular flexibility index (Phi) is 7.72. The van der Waals surface area contributed by atoms with Crippen molar-refractivity contribution in [3.63, 3.8) is 0 Å². The van der Waals surface area contributed by atoms with Gasteiger partial charge in [-0.2, -0.15) is 0 Å². The molecule has 0 heterocycles. The maximum atomic E-state index is 14.0. The molecule has 0 saturated heterocycles. The van der Waals surface area contributed by atoms with Crippen LogP contribution in [-0.4, -0.2) is 24.9 Å². The van der Waals surface area contributed by atoms with Crippen molar-refractivity contribution in [2.45, 2.75) is 78.1 Å². The number of fused-ring (bicyclic) bond motifs is 1. The quantitative estimate of drug-likeness (QED) is 0.254. The highest BCUT2D eigenvalue weighted by atomic mass is 19.1. The number of alkyl halides is 2. The molecule has 3 aliphatic rings. The number of hydrogen-bond donors (Lipinski definition) is 0. The van der Waals surface area contributed by atoms with Gasteiger partial charge in [0.15, 0.2) is 0 Å². The summed E-state index contributed by atoms with van der Waals surface area (Å²) in [5, 5.41) is 0. The Labute approximate surface area is 185 Å². The zero-order valence-corrected chi connectivity index (χ0v) is 19.1. The second-order valence-corrected chi connectivity index (χ2v) is 9.47. The van der Waals surface area contributed by atoms with Crippen LogP contribution in [0.25, 0.3) is 0 Å². The Hall–Kier alpha value is -1.97. The maximum Gasteiger partial charge on any atom is 0.330 e. The molecule has 0 bridgehead atoms. The van der Waals surface area contributed by atoms with Crippen molar-refractivity contribution in [3.05, 3.63) is 59.3 Å². The molecule has 0 N–H and O–H groups in total. The third-order valence-electron chi connectivity index (χ3n) is 7.37. The second-order valence-electron chi connectivity index (χ2n) is 9.47. The molecule has 3 rings (SSSR count). The Balaban J connectivity index is 1.71. The van der Waals surface area contributed by atoms with E-state index in [1.165, 1.54) is 17.2 Å². The molecule has 2 nitrogen and oxygen atoms in total. The highest BCUT2D eigenvalue weighted by Crippen LogP contribution is 2.56. The van der Waals surface area contributed by atoms with E-state index in [-0.39, 0.29) is 24.2 Å². The minimum atomic E-state index is -1.27. The summed E-state index contributed by atoms with van der Waals surface area (Å²) in [6.07, 6.45) is 12.8. The molecule has 5 atom stereocenters. The summed E-state index contributed by atoms with van der Waals surface area (Å²) in [5.74, 6) is 0.505. The van der Waals surface area contributed by atoms with Gasteiger partial charge in [0.2, 0.25) is 0 Å². The van der Waals surface area contributed by atoms with Gasteiger partial charge in [0.05, 0.1) is 6.61 Å². The number of esters is 1. The Bertz CT molecular complexity index is 819. The number of allylic oxidation sites excluding steroid dienone is 8. The molecule has 0 aromatic heterocycles. The molecule has 31 heavy (non-hydrogen) atoms. The summed E-state index contributed by atoms with van der Waals surface area (Å²) >= 11 is 0. The number of ether oxygens (including phenoxy) is 1. The van der Waals surface area contributed by atoms with Crippen LogP contribution in [0.2, 0.25) is 0 Å². The fourth-order valence-corrected chi connectivity index (χ4v) is 5.71. The minimum absolute atomic E-state index is 0.0662. The van der Waals surface area contributed by atoms with Crippen molar-refractivity contribution in [1.82, 2.24) is 0 Å². The van der Waals surface area contributed by atoms with Crippen LogP contribution in [0, 0.1) is 17.3 Å². The lowest BCUT2D eigenvalue weighted by atomic mass is 9.62. The van der Waals surface area contributed by atoms with Gasteiger partial charge in [0.25, 0.3) is 0 Å². The summed E-state index contributed by atoms with van der Waals surface area (Å²) in [5.41, 5.74) is 4.12. The standard InChI is InChI=1S/C27H36F2O2/c1-5-31-26(30)10-6-8-18(2)23-13-14-24-20(9-7-15-27(23,24)4)11-12-21-16-22(28)17-25(29)19(21)3/h6,10-13,18,22,24-25H,3,5,7-9,14-17H2,1-2,4H3/b10-6+,20-11+,21-12-. The molecule has 0 spiro atoms. The van der Waals surface area contributed by atoms with Gasteiger partial charge in [-0.25, -0.2) is 13.6 Å². The first-order valence-corrected chi connectivity index (χ1v) is 11.7. The van der Waals surface area contributed by atoms with E-state index in [4.69, 9.17) is 4.74 Å². The SMILES string of the molecule is C=C1/C(=C\C=C2/CCCC3(C)C(C(C)C/C=C/C(=O)OCC)=CCC23)CC(F)CC1F. The van der Waals surface area contributed by atoms with E-state index in [1.54, 1.807) is 6.92 Å². The average molecular weight is 431 g/mol. The van der Waals surface area contributed by atoms with Crippen molar-refractivity contribution in [2.24, 2.45) is 17.3 Å². The molecule has 0 amide bonds. The second kappa shape index (κ2) is 10.1. The van der Waals surface area contributed by atoms with Crippen molar-refractivity contribution >= 4 is 5.97 Å². The summed E-state index contributed by atoms with van der Waals surface area (Å²) in [7, 11) is 0. The van der Waals surface area contributed by atoms with Gasteiger partial charge in [-0.3, -0.25) is 0 Å². The van der Waals surface area contributed by atoms with Crippen LogP contribution < -0.4 is 0 Å². The molecule has 2 saturated carbocycles. The molecule has 5 unspecified atom stereocenters. The zero-order valence-electron chi connectivity index (χ0n) is 19.1. The van der Waals surface area contributed by atoms with Gasteiger partial charge in [0.1, 0.15) is 12.3 Å². The van der Waals surface area contributed by atoms with Gasteiger partial charge in [-0.15, -0.1) is 0 Å². The molecule has 170 valence electrons. The summed E-state index contributed by atoms with van der Waals surface area (Å²) in [6, 6.07) is 0. The van der Waals surface area contributed by atoms with Crippen LogP contribution in [0.15, 0.2) is 59.3 Å². The lowest BCUT2D eigenvalue weighted by Crippen LogP contribution is -2.32. The minimum Gasteiger partial charge on any atom is -0.463 e. The highest BCUT2D eigenvalue weighted by molar-refractivity contribution is 5.81. The first-order chi connectivity index (χ1) is 14.8. The molecule has 0 aliphatic heterocycles. The molecular weight excluding hydrogens is 394 g/mol. The molecule has 0 radical (unpaired) electrons. The third-order valence-corrected chi connectivity index (χ3v) is 7.37. The topological polar surface area (TPSA) is 26.3 Å². The monoisotopic (exact) mass is 430 g/mol. The van der Waals surface area contributed by atoms with Crippen LogP contribution in [0.4, 0.5) is 8.78 Å². The van der Waals surface area contributed by atoms with Crippen LogP contribution in [0.3, 0.4) is 0 Å². The lowest BCUT2D eigenvalue weighted by Gasteiger charge is -2.42. The van der Waals surface area contributed by atoms with Gasteiger partial charge >= 0.3 is 5.97 Å². The van der Waals surface area contributed by atoms with E-state index in [9.17, 15) is 13.6 Å². The van der Waals surface area contributed by atoms with Crippen LogP contribution >= 0.6 is 0 Å². The summed E-state index contributed by atoms with van der Waals surface area (Å²) in [6.45, 7) is 10.6. The molecule has 0 aromatic carbocycles. The van der Waals surface area contributed by atoms with Crippen molar-refractivity contribution in [2.75, 3.05) is 6.61 Å². The summed E-state index contributed by atoms with van der Waals surface area (Å²) < 4.78 is 32.8. The lowest BCUT2D eigenvalue weighted by molar-refractivity contribution is -0.137. The van der Waals surface area contributed by atoms with Crippen molar-refractivity contribution in [3.8, 4) is 0 Å². The largest absolute Gasteiger partial charge is 0.463 e. The molecular formula is C27H36F2O2. The smallest absolute Gasteiger partial charge is 0.330 e. The van der Waals surface area contributed by atoms with Gasteiger partial charge in [-0.05, 0) is 67.4 Å². The van der Waals surface area contributed by atoms with Crippen LogP contribution in [-0.2, 0) is 9.53 Å². The Morgan fingerprint density at radius 2 is 2.16 bits per heavy atom. The normalized spacial score (nSPS) is 34.8. The summed E-state index contributed by atoms with van der Waals surface area (Å²) in [4.78, 5) is 11.6. The Morgan fingerprint density at radius 3 is 2.90 bits per heavy atom. The van der Waals surface area contributed by atoms with Crippen molar-refractivity contribution in [1.29, 1.82) is 0 Å². The van der Waals surface area contributed by atoms with E-state index in [0.717, 1.165) is 37.7 Å². The average Bonchev–Trinajstić information content (AvgIpc) is 3.07. The molecule has 4 heteroatoms. The predicted octanol–water partition coefficient (Wildman–Crippen LogP) is 7.15. The number of hydrogen-bond acceptors (Lipinski definition) is 2. The molecule has 2 fully saturated rings. The number of carbonyl (C=O) groups is 1. The fourth-order valence-electron chi connectivity index (χ4n) is 5.71. The fraction of sp³-hybridized carbons (Fsp3) is 0.593. The number of rotatable bonds is 6. The zero-order chi connectivity index (χ0) is 22.6. The maximum absolute atomic E-state index is 14.0. The van der Waals surface area contributed by atoms with Crippen molar-refractivity contribution < 1.29 is 18.3 Å².